The van der Waals surface area contributed by atoms with Gasteiger partial charge in [-0.05, 0) is 45.2 Å². The molecule has 2 aromatic heterocycles. The minimum absolute atomic E-state index is 0.0169. The summed E-state index contributed by atoms with van der Waals surface area (Å²) in [6.07, 6.45) is 3.69. The fourth-order valence-corrected chi connectivity index (χ4v) is 3.14. The van der Waals surface area contributed by atoms with Gasteiger partial charge in [0, 0.05) is 23.3 Å². The second kappa shape index (κ2) is 8.47. The minimum atomic E-state index is -0.760. The van der Waals surface area contributed by atoms with Crippen LogP contribution in [0.25, 0.3) is 0 Å². The number of thiazole rings is 1. The molecule has 0 bridgehead atoms. The third-order valence-electron chi connectivity index (χ3n) is 3.91. The van der Waals surface area contributed by atoms with E-state index in [1.165, 1.54) is 22.0 Å². The minimum Gasteiger partial charge on any atom is -0.340 e. The zero-order chi connectivity index (χ0) is 20.2. The van der Waals surface area contributed by atoms with Gasteiger partial charge in [-0.25, -0.2) is 4.98 Å². The van der Waals surface area contributed by atoms with Crippen LogP contribution in [0, 0.1) is 5.92 Å². The molecule has 2 aromatic rings. The number of amides is 2. The Hall–Kier alpha value is -2.48. The molecular weight excluding hydrogens is 364 g/mol. The maximum Gasteiger partial charge on any atom is 0.263 e. The van der Waals surface area contributed by atoms with Crippen molar-refractivity contribution in [3.8, 4) is 0 Å². The highest BCUT2D eigenvalue weighted by molar-refractivity contribution is 7.13. The van der Waals surface area contributed by atoms with Crippen molar-refractivity contribution < 1.29 is 9.59 Å². The first-order chi connectivity index (χ1) is 12.6. The van der Waals surface area contributed by atoms with Crippen LogP contribution in [0.3, 0.4) is 0 Å². The summed E-state index contributed by atoms with van der Waals surface area (Å²) in [5, 5.41) is 7.64. The predicted molar refractivity (Wildman–Crippen MR) is 107 cm³/mol. The molecule has 0 spiro atoms. The van der Waals surface area contributed by atoms with Crippen LogP contribution in [0.1, 0.15) is 51.4 Å². The Morgan fingerprint density at radius 3 is 2.56 bits per heavy atom. The van der Waals surface area contributed by atoms with Crippen molar-refractivity contribution in [2.45, 2.75) is 52.6 Å². The number of nitrogens with one attached hydrogen (secondary N) is 2. The van der Waals surface area contributed by atoms with Gasteiger partial charge < -0.3 is 15.2 Å². The van der Waals surface area contributed by atoms with Gasteiger partial charge in [-0.15, -0.1) is 11.3 Å². The summed E-state index contributed by atoms with van der Waals surface area (Å²) in [7, 11) is 0. The highest BCUT2D eigenvalue weighted by atomic mass is 32.1. The average molecular weight is 391 g/mol. The van der Waals surface area contributed by atoms with Gasteiger partial charge in [-0.2, -0.15) is 0 Å². The maximum atomic E-state index is 12.7. The highest BCUT2D eigenvalue weighted by Crippen LogP contribution is 2.14. The fourth-order valence-electron chi connectivity index (χ4n) is 2.61. The Labute approximate surface area is 162 Å². The Morgan fingerprint density at radius 2 is 2.00 bits per heavy atom. The van der Waals surface area contributed by atoms with Crippen molar-refractivity contribution in [2.75, 3.05) is 5.32 Å². The van der Waals surface area contributed by atoms with Gasteiger partial charge in [0.2, 0.25) is 5.91 Å². The Balaban J connectivity index is 2.23. The van der Waals surface area contributed by atoms with Crippen molar-refractivity contribution in [2.24, 2.45) is 5.92 Å². The molecule has 2 heterocycles. The van der Waals surface area contributed by atoms with E-state index in [0.717, 1.165) is 0 Å². The number of carbonyl (C=O) groups excluding carboxylic acids is 2. The number of carbonyl (C=O) groups is 2. The Kier molecular flexibility index (Phi) is 6.54. The smallest absolute Gasteiger partial charge is 0.263 e. The van der Waals surface area contributed by atoms with Crippen LogP contribution < -0.4 is 16.2 Å². The average Bonchev–Trinajstić information content (AvgIpc) is 3.05. The Bertz CT molecular complexity index is 851. The van der Waals surface area contributed by atoms with Crippen LogP contribution in [-0.2, 0) is 10.3 Å². The summed E-state index contributed by atoms with van der Waals surface area (Å²) in [6.45, 7) is 9.59. The lowest BCUT2D eigenvalue weighted by Gasteiger charge is -2.23. The summed E-state index contributed by atoms with van der Waals surface area (Å²) in [5.74, 6) is -0.725. The van der Waals surface area contributed by atoms with Crippen molar-refractivity contribution in [3.63, 3.8) is 0 Å². The quantitative estimate of drug-likeness (QED) is 0.793. The largest absolute Gasteiger partial charge is 0.340 e. The summed E-state index contributed by atoms with van der Waals surface area (Å²) >= 11 is 1.30. The fraction of sp³-hybridized carbons (Fsp3) is 0.474. The molecule has 0 aliphatic carbocycles. The van der Waals surface area contributed by atoms with E-state index in [4.69, 9.17) is 0 Å². The summed E-state index contributed by atoms with van der Waals surface area (Å²) in [5.41, 5.74) is -0.818. The molecule has 27 heavy (non-hydrogen) atoms. The molecule has 0 aliphatic heterocycles. The molecule has 2 N–H and O–H groups in total. The number of pyridine rings is 1. The predicted octanol–water partition coefficient (Wildman–Crippen LogP) is 2.84. The molecule has 7 nitrogen and oxygen atoms in total. The van der Waals surface area contributed by atoms with Crippen LogP contribution in [0.2, 0.25) is 0 Å². The van der Waals surface area contributed by atoms with E-state index in [1.807, 2.05) is 34.6 Å². The molecule has 0 saturated heterocycles. The van der Waals surface area contributed by atoms with E-state index in [0.29, 0.717) is 11.6 Å². The van der Waals surface area contributed by atoms with Gasteiger partial charge in [0.05, 0.1) is 0 Å². The Morgan fingerprint density at radius 1 is 1.30 bits per heavy atom. The van der Waals surface area contributed by atoms with Crippen LogP contribution in [0.4, 0.5) is 5.13 Å². The van der Waals surface area contributed by atoms with Gasteiger partial charge in [0.15, 0.2) is 5.13 Å². The SMILES string of the molecule is CC(C)CC(NC(=O)c1cccn(C(C)(C)C)c1=O)C(=O)Nc1nccs1. The molecule has 0 aromatic carbocycles. The van der Waals surface area contributed by atoms with Crippen molar-refractivity contribution in [1.82, 2.24) is 14.9 Å². The second-order valence-electron chi connectivity index (χ2n) is 7.75. The molecule has 2 amide bonds. The molecule has 0 saturated carbocycles. The number of anilines is 1. The number of hydrogen-bond acceptors (Lipinski definition) is 5. The van der Waals surface area contributed by atoms with Crippen molar-refractivity contribution in [3.05, 3.63) is 45.8 Å². The van der Waals surface area contributed by atoms with Crippen molar-refractivity contribution in [1.29, 1.82) is 0 Å². The van der Waals surface area contributed by atoms with Gasteiger partial charge in [-0.1, -0.05) is 13.8 Å². The lowest BCUT2D eigenvalue weighted by Crippen LogP contribution is -2.47. The number of nitrogens with zero attached hydrogens (tertiary/aromatic N) is 2. The van der Waals surface area contributed by atoms with E-state index in [2.05, 4.69) is 15.6 Å². The molecule has 0 radical (unpaired) electrons. The standard InChI is InChI=1S/C19H26N4O3S/c1-12(2)11-14(16(25)22-18-20-8-10-27-18)21-15(24)13-7-6-9-23(17(13)26)19(3,4)5/h6-10,12,14H,11H2,1-5H3,(H,21,24)(H,20,22,25). The van der Waals surface area contributed by atoms with E-state index in [1.54, 1.807) is 23.8 Å². The first-order valence-electron chi connectivity index (χ1n) is 8.83. The lowest BCUT2D eigenvalue weighted by atomic mass is 10.0. The number of aromatic nitrogens is 2. The summed E-state index contributed by atoms with van der Waals surface area (Å²) < 4.78 is 1.51. The van der Waals surface area contributed by atoms with Gasteiger partial charge in [0.25, 0.3) is 11.5 Å². The molecule has 146 valence electrons. The van der Waals surface area contributed by atoms with E-state index in [-0.39, 0.29) is 22.9 Å². The monoisotopic (exact) mass is 390 g/mol. The summed E-state index contributed by atoms with van der Waals surface area (Å²) in [4.78, 5) is 42.0. The number of rotatable bonds is 6. The van der Waals surface area contributed by atoms with Crippen LogP contribution in [0.15, 0.2) is 34.7 Å². The lowest BCUT2D eigenvalue weighted by molar-refractivity contribution is -0.118. The molecule has 8 heteroatoms. The van der Waals surface area contributed by atoms with Crippen molar-refractivity contribution >= 4 is 28.3 Å². The highest BCUT2D eigenvalue weighted by Gasteiger charge is 2.25. The summed E-state index contributed by atoms with van der Waals surface area (Å²) in [6, 6.07) is 2.38. The van der Waals surface area contributed by atoms with Crippen LogP contribution in [-0.4, -0.2) is 27.4 Å². The third kappa shape index (κ3) is 5.50. The van der Waals surface area contributed by atoms with Crippen LogP contribution in [0.5, 0.6) is 0 Å². The van der Waals surface area contributed by atoms with E-state index < -0.39 is 17.5 Å². The normalized spacial score (nSPS) is 12.7. The number of hydrogen-bond donors (Lipinski definition) is 2. The molecule has 0 fully saturated rings. The first-order valence-corrected chi connectivity index (χ1v) is 9.71. The molecule has 2 rings (SSSR count). The first kappa shape index (κ1) is 20.8. The van der Waals surface area contributed by atoms with Gasteiger partial charge >= 0.3 is 0 Å². The van der Waals surface area contributed by atoms with E-state index >= 15 is 0 Å². The maximum absolute atomic E-state index is 12.7. The zero-order valence-corrected chi connectivity index (χ0v) is 17.1. The molecule has 1 unspecified atom stereocenters. The topological polar surface area (TPSA) is 93.1 Å². The molecule has 1 atom stereocenters. The van der Waals surface area contributed by atoms with Gasteiger partial charge in [-0.3, -0.25) is 14.4 Å². The molecule has 0 aliphatic rings. The van der Waals surface area contributed by atoms with Crippen LogP contribution >= 0.6 is 11.3 Å². The third-order valence-corrected chi connectivity index (χ3v) is 4.59. The molecular formula is C19H26N4O3S. The van der Waals surface area contributed by atoms with Gasteiger partial charge in [0.1, 0.15) is 11.6 Å². The zero-order valence-electron chi connectivity index (χ0n) is 16.3. The van der Waals surface area contributed by atoms with E-state index in [9.17, 15) is 14.4 Å². The second-order valence-corrected chi connectivity index (χ2v) is 8.64.